The third kappa shape index (κ3) is 3.87. The first-order valence-electron chi connectivity index (χ1n) is 7.13. The number of thioether (sulfide) groups is 1. The first-order valence-corrected chi connectivity index (χ1v) is 8.18. The van der Waals surface area contributed by atoms with Gasteiger partial charge in [-0.1, -0.05) is 6.92 Å². The lowest BCUT2D eigenvalue weighted by Gasteiger charge is -2.32. The third-order valence-corrected chi connectivity index (χ3v) is 5.44. The summed E-state index contributed by atoms with van der Waals surface area (Å²) >= 11 is 2.00. The smallest absolute Gasteiger partial charge is 0.235 e. The molecule has 2 aliphatic rings. The number of hydrogen-bond acceptors (Lipinski definition) is 4. The summed E-state index contributed by atoms with van der Waals surface area (Å²) in [7, 11) is 0. The van der Waals surface area contributed by atoms with Gasteiger partial charge in [0.15, 0.2) is 0 Å². The van der Waals surface area contributed by atoms with Crippen LogP contribution in [0, 0.1) is 17.2 Å². The standard InChI is InChI=1S/C14H23N3OS/c1-3-12-8-17(6-7-19-12)9-13(18)16-14(2,10-15)11-4-5-11/h11-12H,3-9H2,1-2H3,(H,16,18)/t12-,14+/m0/s1. The number of carbonyl (C=O) groups excluding carboxylic acids is 1. The molecular weight excluding hydrogens is 258 g/mol. The summed E-state index contributed by atoms with van der Waals surface area (Å²) in [6.07, 6.45) is 3.27. The van der Waals surface area contributed by atoms with Crippen LogP contribution in [0.25, 0.3) is 0 Å². The SMILES string of the molecule is CC[C@H]1CN(CC(=O)N[C@](C)(C#N)C2CC2)CCS1. The summed E-state index contributed by atoms with van der Waals surface area (Å²) < 4.78 is 0. The minimum absolute atomic E-state index is 0.00213. The van der Waals surface area contributed by atoms with Crippen molar-refractivity contribution in [3.05, 3.63) is 0 Å². The Balaban J connectivity index is 1.82. The summed E-state index contributed by atoms with van der Waals surface area (Å²) in [5.41, 5.74) is -0.661. The van der Waals surface area contributed by atoms with Gasteiger partial charge in [-0.15, -0.1) is 0 Å². The van der Waals surface area contributed by atoms with Gasteiger partial charge in [0.05, 0.1) is 12.6 Å². The minimum Gasteiger partial charge on any atom is -0.337 e. The molecule has 1 aliphatic carbocycles. The predicted molar refractivity (Wildman–Crippen MR) is 77.9 cm³/mol. The van der Waals surface area contributed by atoms with E-state index < -0.39 is 5.54 Å². The molecule has 1 saturated heterocycles. The zero-order valence-corrected chi connectivity index (χ0v) is 12.6. The van der Waals surface area contributed by atoms with Gasteiger partial charge in [-0.25, -0.2) is 0 Å². The van der Waals surface area contributed by atoms with E-state index in [1.807, 2.05) is 18.7 Å². The Labute approximate surface area is 119 Å². The molecular formula is C14H23N3OS. The van der Waals surface area contributed by atoms with Crippen molar-refractivity contribution in [2.24, 2.45) is 5.92 Å². The average molecular weight is 281 g/mol. The number of nitrogens with zero attached hydrogens (tertiary/aromatic N) is 2. The Bertz CT molecular complexity index is 377. The number of nitrogens with one attached hydrogen (secondary N) is 1. The molecule has 19 heavy (non-hydrogen) atoms. The van der Waals surface area contributed by atoms with Crippen molar-refractivity contribution in [1.29, 1.82) is 5.26 Å². The van der Waals surface area contributed by atoms with Gasteiger partial charge in [0, 0.05) is 24.1 Å². The highest BCUT2D eigenvalue weighted by Crippen LogP contribution is 2.39. The summed E-state index contributed by atoms with van der Waals surface area (Å²) in [5, 5.41) is 12.8. The van der Waals surface area contributed by atoms with E-state index in [1.54, 1.807) is 0 Å². The molecule has 1 heterocycles. The zero-order valence-electron chi connectivity index (χ0n) is 11.8. The maximum Gasteiger partial charge on any atom is 0.235 e. The molecule has 1 saturated carbocycles. The molecule has 0 aromatic carbocycles. The second-order valence-electron chi connectivity index (χ2n) is 5.77. The van der Waals surface area contributed by atoms with Gasteiger partial charge in [0.2, 0.25) is 5.91 Å². The molecule has 0 spiro atoms. The normalized spacial score (nSPS) is 27.3. The fourth-order valence-corrected chi connectivity index (χ4v) is 3.83. The van der Waals surface area contributed by atoms with E-state index in [4.69, 9.17) is 0 Å². The van der Waals surface area contributed by atoms with Crippen molar-refractivity contribution < 1.29 is 4.79 Å². The summed E-state index contributed by atoms with van der Waals surface area (Å²) in [6.45, 7) is 6.44. The summed E-state index contributed by atoms with van der Waals surface area (Å²) in [5.74, 6) is 1.45. The van der Waals surface area contributed by atoms with Crippen LogP contribution < -0.4 is 5.32 Å². The number of hydrogen-bond donors (Lipinski definition) is 1. The molecule has 2 fully saturated rings. The number of amides is 1. The van der Waals surface area contributed by atoms with E-state index in [0.717, 1.165) is 38.1 Å². The Kier molecular flexibility index (Phi) is 4.75. The van der Waals surface area contributed by atoms with Gasteiger partial charge in [-0.05, 0) is 32.1 Å². The molecule has 0 aromatic rings. The highest BCUT2D eigenvalue weighted by atomic mass is 32.2. The molecule has 5 heteroatoms. The molecule has 4 nitrogen and oxygen atoms in total. The predicted octanol–water partition coefficient (Wildman–Crippen LogP) is 1.62. The number of rotatable bonds is 5. The van der Waals surface area contributed by atoms with Crippen LogP contribution in [0.2, 0.25) is 0 Å². The molecule has 0 radical (unpaired) electrons. The van der Waals surface area contributed by atoms with Crippen LogP contribution in [0.1, 0.15) is 33.1 Å². The van der Waals surface area contributed by atoms with Crippen molar-refractivity contribution in [1.82, 2.24) is 10.2 Å². The summed E-state index contributed by atoms with van der Waals surface area (Å²) in [4.78, 5) is 14.3. The van der Waals surface area contributed by atoms with Gasteiger partial charge in [-0.2, -0.15) is 17.0 Å². The van der Waals surface area contributed by atoms with E-state index in [9.17, 15) is 10.1 Å². The van der Waals surface area contributed by atoms with Crippen molar-refractivity contribution in [2.45, 2.75) is 43.9 Å². The maximum atomic E-state index is 12.1. The molecule has 0 bridgehead atoms. The Morgan fingerprint density at radius 3 is 2.89 bits per heavy atom. The maximum absolute atomic E-state index is 12.1. The summed E-state index contributed by atoms with van der Waals surface area (Å²) in [6, 6.07) is 2.27. The van der Waals surface area contributed by atoms with Crippen molar-refractivity contribution in [3.8, 4) is 6.07 Å². The number of nitriles is 1. The topological polar surface area (TPSA) is 56.1 Å². The molecule has 0 aromatic heterocycles. The largest absolute Gasteiger partial charge is 0.337 e. The quantitative estimate of drug-likeness (QED) is 0.832. The Hall–Kier alpha value is -0.730. The second-order valence-corrected chi connectivity index (χ2v) is 7.18. The lowest BCUT2D eigenvalue weighted by Crippen LogP contribution is -2.51. The second kappa shape index (κ2) is 6.15. The number of carbonyl (C=O) groups is 1. The molecule has 1 N–H and O–H groups in total. The van der Waals surface area contributed by atoms with Gasteiger partial charge < -0.3 is 5.32 Å². The first kappa shape index (κ1) is 14.7. The fraction of sp³-hybridized carbons (Fsp3) is 0.857. The lowest BCUT2D eigenvalue weighted by atomic mass is 9.98. The zero-order chi connectivity index (χ0) is 13.9. The lowest BCUT2D eigenvalue weighted by molar-refractivity contribution is -0.123. The van der Waals surface area contributed by atoms with E-state index in [-0.39, 0.29) is 5.91 Å². The average Bonchev–Trinajstić information content (AvgIpc) is 3.23. The molecule has 1 amide bonds. The van der Waals surface area contributed by atoms with Crippen LogP contribution in [0.3, 0.4) is 0 Å². The molecule has 106 valence electrons. The fourth-order valence-electron chi connectivity index (χ4n) is 2.59. The Morgan fingerprint density at radius 1 is 1.58 bits per heavy atom. The van der Waals surface area contributed by atoms with Crippen molar-refractivity contribution >= 4 is 17.7 Å². The van der Waals surface area contributed by atoms with Crippen LogP contribution in [-0.2, 0) is 4.79 Å². The highest BCUT2D eigenvalue weighted by Gasteiger charge is 2.43. The van der Waals surface area contributed by atoms with Crippen LogP contribution in [0.15, 0.2) is 0 Å². The van der Waals surface area contributed by atoms with Crippen molar-refractivity contribution in [2.75, 3.05) is 25.4 Å². The van der Waals surface area contributed by atoms with E-state index in [2.05, 4.69) is 23.2 Å². The van der Waals surface area contributed by atoms with E-state index >= 15 is 0 Å². The molecule has 2 atom stereocenters. The van der Waals surface area contributed by atoms with Crippen LogP contribution in [0.4, 0.5) is 0 Å². The van der Waals surface area contributed by atoms with E-state index in [0.29, 0.717) is 17.7 Å². The van der Waals surface area contributed by atoms with Gasteiger partial charge in [0.25, 0.3) is 0 Å². The minimum atomic E-state index is -0.661. The van der Waals surface area contributed by atoms with Gasteiger partial charge in [0.1, 0.15) is 5.54 Å². The van der Waals surface area contributed by atoms with Gasteiger partial charge in [-0.3, -0.25) is 9.69 Å². The molecule has 0 unspecified atom stereocenters. The van der Waals surface area contributed by atoms with E-state index in [1.165, 1.54) is 0 Å². The monoisotopic (exact) mass is 281 g/mol. The van der Waals surface area contributed by atoms with Gasteiger partial charge >= 0.3 is 0 Å². The van der Waals surface area contributed by atoms with Crippen molar-refractivity contribution in [3.63, 3.8) is 0 Å². The van der Waals surface area contributed by atoms with Crippen LogP contribution in [-0.4, -0.2) is 47.0 Å². The van der Waals surface area contributed by atoms with Crippen LogP contribution in [0.5, 0.6) is 0 Å². The molecule has 2 rings (SSSR count). The van der Waals surface area contributed by atoms with Crippen LogP contribution >= 0.6 is 11.8 Å². The molecule has 1 aliphatic heterocycles. The Morgan fingerprint density at radius 2 is 2.32 bits per heavy atom. The first-order chi connectivity index (χ1) is 9.07. The third-order valence-electron chi connectivity index (χ3n) is 4.07. The highest BCUT2D eigenvalue weighted by molar-refractivity contribution is 8.00.